The summed E-state index contributed by atoms with van der Waals surface area (Å²) in [5.41, 5.74) is -0.957. The van der Waals surface area contributed by atoms with Crippen LogP contribution in [0.15, 0.2) is 18.2 Å². The second-order valence-electron chi connectivity index (χ2n) is 2.97. The molecular weight excluding hydrogens is 210 g/mol. The van der Waals surface area contributed by atoms with Crippen LogP contribution in [0.1, 0.15) is 10.4 Å². The second-order valence-corrected chi connectivity index (χ2v) is 2.97. The van der Waals surface area contributed by atoms with Crippen molar-refractivity contribution in [2.24, 2.45) is 0 Å². The number of hydrogen-bond donors (Lipinski definition) is 0. The molecule has 1 aromatic carbocycles. The quantitative estimate of drug-likeness (QED) is 0.309. The molecule has 2 rings (SSSR count). The number of carbonyl (C=O) groups is 1. The second kappa shape index (κ2) is 2.97. The Kier molecular flexibility index (Phi) is 1.88. The minimum atomic E-state index is -2.40. The fraction of sp³-hybridized carbons (Fsp3) is 0.125. The first kappa shape index (κ1) is 9.50. The van der Waals surface area contributed by atoms with Crippen molar-refractivity contribution in [3.63, 3.8) is 0 Å². The van der Waals surface area contributed by atoms with Gasteiger partial charge in [0.2, 0.25) is 5.78 Å². The molecule has 0 aliphatic carbocycles. The number of nitro groups is 1. The van der Waals surface area contributed by atoms with Gasteiger partial charge in [-0.15, -0.1) is 0 Å². The van der Waals surface area contributed by atoms with Crippen molar-refractivity contribution in [1.29, 1.82) is 0 Å². The minimum Gasteiger partial charge on any atom is -0.288 e. The van der Waals surface area contributed by atoms with E-state index in [1.54, 1.807) is 0 Å². The van der Waals surface area contributed by atoms with Crippen LogP contribution in [0.25, 0.3) is 0 Å². The maximum absolute atomic E-state index is 13.0. The molecule has 5 nitrogen and oxygen atoms in total. The molecule has 1 aliphatic rings. The van der Waals surface area contributed by atoms with Crippen molar-refractivity contribution in [1.82, 2.24) is 0 Å². The van der Waals surface area contributed by atoms with Crippen LogP contribution >= 0.6 is 0 Å². The smallest absolute Gasteiger partial charge is 0.270 e. The number of nitro benzene ring substituents is 1. The van der Waals surface area contributed by atoms with E-state index in [0.29, 0.717) is 0 Å². The van der Waals surface area contributed by atoms with Gasteiger partial charge in [0.25, 0.3) is 12.0 Å². The highest BCUT2D eigenvalue weighted by atomic mass is 19.2. The average molecular weight is 214 g/mol. The van der Waals surface area contributed by atoms with Crippen molar-refractivity contribution < 1.29 is 18.6 Å². The van der Waals surface area contributed by atoms with Crippen molar-refractivity contribution in [3.8, 4) is 0 Å². The van der Waals surface area contributed by atoms with Crippen molar-refractivity contribution in [2.45, 2.75) is 6.30 Å². The molecule has 78 valence electrons. The monoisotopic (exact) mass is 214 g/mol. The normalized spacial score (nSPS) is 19.2. The first-order valence-corrected chi connectivity index (χ1v) is 3.94. The van der Waals surface area contributed by atoms with Crippen LogP contribution in [0.5, 0.6) is 0 Å². The lowest BCUT2D eigenvalue weighted by molar-refractivity contribution is -0.384. The lowest BCUT2D eigenvalue weighted by atomic mass is 10.1. The fourth-order valence-corrected chi connectivity index (χ4v) is 1.37. The molecule has 0 aromatic heterocycles. The number of rotatable bonds is 1. The van der Waals surface area contributed by atoms with Crippen LogP contribution in [-0.4, -0.2) is 17.0 Å². The largest absolute Gasteiger partial charge is 0.288 e. The van der Waals surface area contributed by atoms with Crippen LogP contribution in [0.2, 0.25) is 0 Å². The molecule has 0 radical (unpaired) electrons. The van der Waals surface area contributed by atoms with Gasteiger partial charge in [0.1, 0.15) is 0 Å². The maximum Gasteiger partial charge on any atom is 0.270 e. The number of alkyl halides is 1. The van der Waals surface area contributed by atoms with Gasteiger partial charge in [-0.25, -0.2) is 4.39 Å². The van der Waals surface area contributed by atoms with Crippen LogP contribution in [0, 0.1) is 10.1 Å². The van der Waals surface area contributed by atoms with Crippen LogP contribution in [0.3, 0.4) is 0 Å². The molecule has 1 heterocycles. The summed E-state index contributed by atoms with van der Waals surface area (Å²) in [6, 6.07) is 2.88. The summed E-state index contributed by atoms with van der Waals surface area (Å²) < 4.78 is 25.8. The number of carbonyl (C=O) groups excluding carboxylic acids is 1. The lowest BCUT2D eigenvalue weighted by Gasteiger charge is -2.06. The zero-order valence-electron chi connectivity index (χ0n) is 7.18. The van der Waals surface area contributed by atoms with E-state index in [2.05, 4.69) is 0 Å². The van der Waals surface area contributed by atoms with Gasteiger partial charge in [-0.05, 0) is 6.07 Å². The first-order chi connectivity index (χ1) is 7.02. The van der Waals surface area contributed by atoms with Crippen LogP contribution in [0.4, 0.5) is 20.2 Å². The molecular formula is C8H4F2N2O3. The summed E-state index contributed by atoms with van der Waals surface area (Å²) in [6.07, 6.45) is -2.40. The molecule has 0 N–H and O–H groups in total. The molecule has 1 unspecified atom stereocenters. The third-order valence-electron chi connectivity index (χ3n) is 2.10. The lowest BCUT2D eigenvalue weighted by Crippen LogP contribution is -2.22. The third kappa shape index (κ3) is 1.24. The van der Waals surface area contributed by atoms with Gasteiger partial charge in [0, 0.05) is 12.1 Å². The Labute approximate surface area is 82.0 Å². The van der Waals surface area contributed by atoms with E-state index in [-0.39, 0.29) is 22.1 Å². The number of non-ortho nitro benzene ring substituents is 1. The van der Waals surface area contributed by atoms with E-state index in [4.69, 9.17) is 0 Å². The summed E-state index contributed by atoms with van der Waals surface area (Å²) in [5, 5.41) is 10.0. The molecule has 1 aromatic rings. The van der Waals surface area contributed by atoms with Crippen LogP contribution < -0.4 is 5.12 Å². The predicted molar refractivity (Wildman–Crippen MR) is 45.9 cm³/mol. The maximum atomic E-state index is 13.0. The Balaban J connectivity index is 2.56. The standard InChI is InChI=1S/C8H4F2N2O3/c9-8-7(13)5-3-4(12(14)15)1-2-6(5)11(8)10/h1-3,8H. The zero-order valence-corrected chi connectivity index (χ0v) is 7.18. The molecule has 15 heavy (non-hydrogen) atoms. The Bertz CT molecular complexity index is 463. The Morgan fingerprint density at radius 2 is 2.13 bits per heavy atom. The molecule has 0 amide bonds. The molecule has 0 saturated heterocycles. The van der Waals surface area contributed by atoms with Crippen molar-refractivity contribution in [2.75, 3.05) is 5.12 Å². The minimum absolute atomic E-state index is 0.280. The van der Waals surface area contributed by atoms with Crippen molar-refractivity contribution >= 4 is 17.2 Å². The molecule has 1 aliphatic heterocycles. The SMILES string of the molecule is O=C1c2cc([N+](=O)[O-])ccc2N(F)C1F. The van der Waals surface area contributed by atoms with E-state index < -0.39 is 17.0 Å². The van der Waals surface area contributed by atoms with Gasteiger partial charge < -0.3 is 0 Å². The summed E-state index contributed by atoms with van der Waals surface area (Å²) in [6.45, 7) is 0. The van der Waals surface area contributed by atoms with Crippen LogP contribution in [-0.2, 0) is 0 Å². The predicted octanol–water partition coefficient (Wildman–Crippen LogP) is 1.78. The molecule has 0 bridgehead atoms. The van der Waals surface area contributed by atoms with Gasteiger partial charge in [-0.3, -0.25) is 14.9 Å². The molecule has 7 heteroatoms. The molecule has 1 atom stereocenters. The number of nitrogens with zero attached hydrogens (tertiary/aromatic N) is 2. The van der Waals surface area contributed by atoms with Gasteiger partial charge in [-0.2, -0.15) is 5.12 Å². The molecule has 0 spiro atoms. The van der Waals surface area contributed by atoms with Gasteiger partial charge >= 0.3 is 0 Å². The summed E-state index contributed by atoms with van der Waals surface area (Å²) >= 11 is 0. The average Bonchev–Trinajstić information content (AvgIpc) is 2.44. The van der Waals surface area contributed by atoms with E-state index in [1.807, 2.05) is 0 Å². The highest BCUT2D eigenvalue weighted by Crippen LogP contribution is 2.35. The number of halogens is 2. The number of fused-ring (bicyclic) bond motifs is 1. The highest BCUT2D eigenvalue weighted by molar-refractivity contribution is 6.09. The number of Topliss-reactive ketones (excluding diaryl/α,β-unsaturated/α-hetero) is 1. The van der Waals surface area contributed by atoms with E-state index in [0.717, 1.165) is 18.2 Å². The summed E-state index contributed by atoms with van der Waals surface area (Å²) in [4.78, 5) is 20.7. The van der Waals surface area contributed by atoms with Gasteiger partial charge in [0.05, 0.1) is 16.2 Å². The summed E-state index contributed by atoms with van der Waals surface area (Å²) in [5.74, 6) is -1.10. The van der Waals surface area contributed by atoms with E-state index >= 15 is 0 Å². The Morgan fingerprint density at radius 1 is 1.47 bits per heavy atom. The number of anilines is 1. The fourth-order valence-electron chi connectivity index (χ4n) is 1.37. The number of benzene rings is 1. The number of hydrogen-bond acceptors (Lipinski definition) is 4. The molecule has 0 saturated carbocycles. The van der Waals surface area contributed by atoms with E-state index in [1.165, 1.54) is 0 Å². The summed E-state index contributed by atoms with van der Waals surface area (Å²) in [7, 11) is 0. The van der Waals surface area contributed by atoms with Gasteiger partial charge in [-0.1, -0.05) is 4.48 Å². The van der Waals surface area contributed by atoms with Gasteiger partial charge in [0.15, 0.2) is 0 Å². The first-order valence-electron chi connectivity index (χ1n) is 3.94. The van der Waals surface area contributed by atoms with E-state index in [9.17, 15) is 23.8 Å². The topological polar surface area (TPSA) is 63.4 Å². The highest BCUT2D eigenvalue weighted by Gasteiger charge is 2.39. The molecule has 0 fully saturated rings. The third-order valence-corrected chi connectivity index (χ3v) is 2.10. The number of ketones is 1. The zero-order chi connectivity index (χ0) is 11.2. The Hall–Kier alpha value is -2.05. The van der Waals surface area contributed by atoms with Crippen molar-refractivity contribution in [3.05, 3.63) is 33.9 Å². The Morgan fingerprint density at radius 3 is 2.73 bits per heavy atom.